The Morgan fingerprint density at radius 2 is 2.29 bits per heavy atom. The van der Waals surface area contributed by atoms with E-state index in [4.69, 9.17) is 5.73 Å². The second-order valence-corrected chi connectivity index (χ2v) is 5.29. The van der Waals surface area contributed by atoms with Crippen molar-refractivity contribution in [3.05, 3.63) is 28.2 Å². The molecular formula is C12H15BrN2O2. The fourth-order valence-electron chi connectivity index (χ4n) is 1.69. The van der Waals surface area contributed by atoms with Crippen LogP contribution in [0.4, 0.5) is 0 Å². The molecule has 92 valence electrons. The molecule has 1 aromatic carbocycles. The highest BCUT2D eigenvalue weighted by Crippen LogP contribution is 2.31. The van der Waals surface area contributed by atoms with Crippen LogP contribution in [-0.4, -0.2) is 23.6 Å². The van der Waals surface area contributed by atoms with Gasteiger partial charge in [-0.3, -0.25) is 4.79 Å². The summed E-state index contributed by atoms with van der Waals surface area (Å²) >= 11 is 3.22. The van der Waals surface area contributed by atoms with Gasteiger partial charge in [-0.1, -0.05) is 15.9 Å². The maximum absolute atomic E-state index is 11.8. The molecule has 0 bridgehead atoms. The lowest BCUT2D eigenvalue weighted by Gasteiger charge is -2.12. The quantitative estimate of drug-likeness (QED) is 0.791. The first-order valence-corrected chi connectivity index (χ1v) is 6.39. The van der Waals surface area contributed by atoms with Crippen LogP contribution in [0.1, 0.15) is 23.2 Å². The molecule has 0 radical (unpaired) electrons. The first-order chi connectivity index (χ1) is 8.08. The number of nitrogens with two attached hydrogens (primary N) is 1. The van der Waals surface area contributed by atoms with Gasteiger partial charge in [0.1, 0.15) is 5.75 Å². The van der Waals surface area contributed by atoms with Crippen molar-refractivity contribution in [1.82, 2.24) is 5.32 Å². The van der Waals surface area contributed by atoms with Crippen LogP contribution in [0, 0.1) is 5.92 Å². The Bertz CT molecular complexity index is 433. The van der Waals surface area contributed by atoms with E-state index in [1.165, 1.54) is 6.07 Å². The van der Waals surface area contributed by atoms with Gasteiger partial charge < -0.3 is 16.2 Å². The Morgan fingerprint density at radius 1 is 1.59 bits per heavy atom. The molecule has 0 saturated heterocycles. The molecule has 1 saturated carbocycles. The molecule has 2 rings (SSSR count). The van der Waals surface area contributed by atoms with E-state index in [0.717, 1.165) is 17.3 Å². The van der Waals surface area contributed by atoms with Crippen molar-refractivity contribution < 1.29 is 9.90 Å². The second kappa shape index (κ2) is 5.06. The van der Waals surface area contributed by atoms with Crippen molar-refractivity contribution in [2.45, 2.75) is 18.9 Å². The van der Waals surface area contributed by atoms with Gasteiger partial charge in [0.2, 0.25) is 0 Å². The van der Waals surface area contributed by atoms with Gasteiger partial charge in [-0.25, -0.2) is 0 Å². The molecule has 0 spiro atoms. The zero-order chi connectivity index (χ0) is 12.4. The summed E-state index contributed by atoms with van der Waals surface area (Å²) in [6.45, 7) is 0.457. The lowest BCUT2D eigenvalue weighted by Crippen LogP contribution is -2.38. The fourth-order valence-corrected chi connectivity index (χ4v) is 2.04. The first kappa shape index (κ1) is 12.4. The third-order valence-electron chi connectivity index (χ3n) is 2.93. The Balaban J connectivity index is 1.94. The lowest BCUT2D eigenvalue weighted by atomic mass is 10.1. The molecule has 4 N–H and O–H groups in total. The third-order valence-corrected chi connectivity index (χ3v) is 3.42. The van der Waals surface area contributed by atoms with Gasteiger partial charge in [0, 0.05) is 17.1 Å². The molecule has 0 aromatic heterocycles. The van der Waals surface area contributed by atoms with Crippen LogP contribution in [-0.2, 0) is 0 Å². The summed E-state index contributed by atoms with van der Waals surface area (Å²) in [5, 5.41) is 12.4. The fraction of sp³-hybridized carbons (Fsp3) is 0.417. The maximum atomic E-state index is 11.8. The summed E-state index contributed by atoms with van der Waals surface area (Å²) in [7, 11) is 0. The van der Waals surface area contributed by atoms with Crippen LogP contribution >= 0.6 is 15.9 Å². The summed E-state index contributed by atoms with van der Waals surface area (Å²) < 4.78 is 0.737. The molecule has 17 heavy (non-hydrogen) atoms. The summed E-state index contributed by atoms with van der Waals surface area (Å²) in [4.78, 5) is 11.8. The predicted octanol–water partition coefficient (Wildman–Crippen LogP) is 1.62. The van der Waals surface area contributed by atoms with Crippen molar-refractivity contribution in [2.24, 2.45) is 11.7 Å². The van der Waals surface area contributed by atoms with Gasteiger partial charge in [-0.05, 0) is 37.0 Å². The summed E-state index contributed by atoms with van der Waals surface area (Å²) in [6.07, 6.45) is 2.31. The van der Waals surface area contributed by atoms with E-state index in [9.17, 15) is 9.90 Å². The van der Waals surface area contributed by atoms with Gasteiger partial charge >= 0.3 is 0 Å². The van der Waals surface area contributed by atoms with Crippen LogP contribution < -0.4 is 11.1 Å². The van der Waals surface area contributed by atoms with Crippen molar-refractivity contribution in [2.75, 3.05) is 6.54 Å². The van der Waals surface area contributed by atoms with Crippen LogP contribution in [0.25, 0.3) is 0 Å². The lowest BCUT2D eigenvalue weighted by molar-refractivity contribution is 0.0947. The minimum absolute atomic E-state index is 0.0246. The average molecular weight is 299 g/mol. The van der Waals surface area contributed by atoms with Crippen LogP contribution in [0.2, 0.25) is 0 Å². The zero-order valence-electron chi connectivity index (χ0n) is 9.32. The number of phenols is 1. The number of carbonyl (C=O) groups excluding carboxylic acids is 1. The van der Waals surface area contributed by atoms with Gasteiger partial charge in [0.05, 0.1) is 5.56 Å². The maximum Gasteiger partial charge on any atom is 0.255 e. The third kappa shape index (κ3) is 3.20. The standard InChI is InChI=1S/C12H15BrN2O2/c13-8-3-4-9(11(16)5-8)12(17)15-6-10(14)7-1-2-7/h3-5,7,10,16H,1-2,6,14H2,(H,15,17). The number of phenolic OH excluding ortho intramolecular Hbond substituents is 1. The van der Waals surface area contributed by atoms with E-state index < -0.39 is 0 Å². The number of amides is 1. The second-order valence-electron chi connectivity index (χ2n) is 4.37. The molecule has 0 heterocycles. The highest BCUT2D eigenvalue weighted by molar-refractivity contribution is 9.10. The van der Waals surface area contributed by atoms with E-state index in [-0.39, 0.29) is 23.3 Å². The molecule has 1 amide bonds. The smallest absolute Gasteiger partial charge is 0.255 e. The molecule has 1 aliphatic carbocycles. The Morgan fingerprint density at radius 3 is 2.88 bits per heavy atom. The van der Waals surface area contributed by atoms with Gasteiger partial charge in [-0.2, -0.15) is 0 Å². The number of nitrogens with one attached hydrogen (secondary N) is 1. The normalized spacial score (nSPS) is 16.6. The van der Waals surface area contributed by atoms with Crippen LogP contribution in [0.15, 0.2) is 22.7 Å². The number of hydrogen-bond donors (Lipinski definition) is 3. The molecule has 4 nitrogen and oxygen atoms in total. The molecule has 1 fully saturated rings. The summed E-state index contributed by atoms with van der Waals surface area (Å²) in [5.41, 5.74) is 6.16. The first-order valence-electron chi connectivity index (χ1n) is 5.60. The number of aromatic hydroxyl groups is 1. The van der Waals surface area contributed by atoms with Gasteiger partial charge in [-0.15, -0.1) is 0 Å². The number of rotatable bonds is 4. The highest BCUT2D eigenvalue weighted by atomic mass is 79.9. The van der Waals surface area contributed by atoms with Crippen LogP contribution in [0.5, 0.6) is 5.75 Å². The van der Waals surface area contributed by atoms with Gasteiger partial charge in [0.25, 0.3) is 5.91 Å². The number of hydrogen-bond acceptors (Lipinski definition) is 3. The number of halogens is 1. The monoisotopic (exact) mass is 298 g/mol. The van der Waals surface area contributed by atoms with E-state index in [2.05, 4.69) is 21.2 Å². The van der Waals surface area contributed by atoms with Gasteiger partial charge in [0.15, 0.2) is 0 Å². The van der Waals surface area contributed by atoms with Crippen molar-refractivity contribution >= 4 is 21.8 Å². The summed E-state index contributed by atoms with van der Waals surface area (Å²) in [5.74, 6) is 0.233. The average Bonchev–Trinajstić information content (AvgIpc) is 3.09. The molecule has 1 unspecified atom stereocenters. The molecular weight excluding hydrogens is 284 g/mol. The highest BCUT2D eigenvalue weighted by Gasteiger charge is 2.28. The minimum Gasteiger partial charge on any atom is -0.507 e. The topological polar surface area (TPSA) is 75.3 Å². The Kier molecular flexibility index (Phi) is 3.69. The SMILES string of the molecule is NC(CNC(=O)c1ccc(Br)cc1O)C1CC1. The van der Waals surface area contributed by atoms with E-state index in [0.29, 0.717) is 12.5 Å². The minimum atomic E-state index is -0.286. The molecule has 1 aromatic rings. The van der Waals surface area contributed by atoms with Crippen molar-refractivity contribution in [3.63, 3.8) is 0 Å². The summed E-state index contributed by atoms with van der Waals surface area (Å²) in [6, 6.07) is 4.82. The molecule has 5 heteroatoms. The Labute approximate surface area is 108 Å². The van der Waals surface area contributed by atoms with E-state index >= 15 is 0 Å². The largest absolute Gasteiger partial charge is 0.507 e. The van der Waals surface area contributed by atoms with Crippen LogP contribution in [0.3, 0.4) is 0 Å². The molecule has 1 atom stereocenters. The van der Waals surface area contributed by atoms with Crippen molar-refractivity contribution in [3.8, 4) is 5.75 Å². The Hall–Kier alpha value is -1.07. The van der Waals surface area contributed by atoms with Crippen molar-refractivity contribution in [1.29, 1.82) is 0 Å². The zero-order valence-corrected chi connectivity index (χ0v) is 10.9. The van der Waals surface area contributed by atoms with E-state index in [1.54, 1.807) is 12.1 Å². The van der Waals surface area contributed by atoms with E-state index in [1.807, 2.05) is 0 Å². The molecule has 1 aliphatic rings. The predicted molar refractivity (Wildman–Crippen MR) is 68.8 cm³/mol. The number of carbonyl (C=O) groups is 1. The number of benzene rings is 1. The molecule has 0 aliphatic heterocycles.